The van der Waals surface area contributed by atoms with Crippen LogP contribution in [0.3, 0.4) is 0 Å². The predicted molar refractivity (Wildman–Crippen MR) is 76.4 cm³/mol. The number of carbonyl (C=O) groups excluding carboxylic acids is 2. The molecule has 3 amide bonds. The second-order valence-corrected chi connectivity index (χ2v) is 6.38. The van der Waals surface area contributed by atoms with E-state index < -0.39 is 5.54 Å². The molecule has 5 heteroatoms. The number of amides is 3. The number of urea groups is 1. The molecule has 1 aromatic heterocycles. The van der Waals surface area contributed by atoms with Gasteiger partial charge in [-0.2, -0.15) is 0 Å². The minimum Gasteiger partial charge on any atom is -0.323 e. The Morgan fingerprint density at radius 1 is 1.19 bits per heavy atom. The van der Waals surface area contributed by atoms with Gasteiger partial charge in [0.1, 0.15) is 5.54 Å². The molecule has 3 fully saturated rings. The van der Waals surface area contributed by atoms with Crippen LogP contribution >= 0.6 is 0 Å². The molecule has 2 heterocycles. The van der Waals surface area contributed by atoms with Crippen LogP contribution < -0.4 is 5.32 Å². The molecule has 0 spiro atoms. The first-order valence-corrected chi connectivity index (χ1v) is 7.76. The summed E-state index contributed by atoms with van der Waals surface area (Å²) in [6.07, 6.45) is 6.62. The Morgan fingerprint density at radius 3 is 2.48 bits per heavy atom. The fourth-order valence-electron chi connectivity index (χ4n) is 3.55. The molecule has 0 radical (unpaired) electrons. The molecule has 1 aromatic rings. The maximum atomic E-state index is 12.8. The molecule has 21 heavy (non-hydrogen) atoms. The van der Waals surface area contributed by atoms with Crippen LogP contribution in [0.15, 0.2) is 24.4 Å². The number of hydrogen-bond acceptors (Lipinski definition) is 3. The second-order valence-electron chi connectivity index (χ2n) is 6.38. The van der Waals surface area contributed by atoms with Crippen LogP contribution in [0.25, 0.3) is 0 Å². The highest BCUT2D eigenvalue weighted by molar-refractivity contribution is 6.08. The average molecular weight is 285 g/mol. The quantitative estimate of drug-likeness (QED) is 0.838. The molecule has 0 bridgehead atoms. The average Bonchev–Trinajstić information content (AvgIpc) is 3.39. The molecule has 2 saturated carbocycles. The van der Waals surface area contributed by atoms with E-state index in [-0.39, 0.29) is 11.9 Å². The highest BCUT2D eigenvalue weighted by Gasteiger charge is 2.65. The van der Waals surface area contributed by atoms with E-state index in [1.54, 1.807) is 6.20 Å². The first-order chi connectivity index (χ1) is 10.2. The number of hydrogen-bond donors (Lipinski definition) is 1. The van der Waals surface area contributed by atoms with Gasteiger partial charge in [-0.25, -0.2) is 4.79 Å². The van der Waals surface area contributed by atoms with Crippen molar-refractivity contribution in [1.82, 2.24) is 15.2 Å². The minimum absolute atomic E-state index is 0.00781. The van der Waals surface area contributed by atoms with Gasteiger partial charge >= 0.3 is 6.03 Å². The van der Waals surface area contributed by atoms with Crippen molar-refractivity contribution in [2.45, 2.75) is 37.6 Å². The summed E-state index contributed by atoms with van der Waals surface area (Å²) in [5.41, 5.74) is 0.342. The van der Waals surface area contributed by atoms with Crippen LogP contribution in [0, 0.1) is 11.8 Å². The van der Waals surface area contributed by atoms with Gasteiger partial charge in [0.25, 0.3) is 5.91 Å². The molecule has 1 saturated heterocycles. The zero-order valence-electron chi connectivity index (χ0n) is 11.9. The lowest BCUT2D eigenvalue weighted by Gasteiger charge is -2.26. The molecular weight excluding hydrogens is 266 g/mol. The number of imide groups is 1. The van der Waals surface area contributed by atoms with Gasteiger partial charge in [-0.3, -0.25) is 14.7 Å². The Balaban J connectivity index is 1.51. The Labute approximate surface area is 123 Å². The zero-order valence-corrected chi connectivity index (χ0v) is 11.9. The Kier molecular flexibility index (Phi) is 2.77. The molecule has 5 nitrogen and oxygen atoms in total. The fourth-order valence-corrected chi connectivity index (χ4v) is 3.55. The van der Waals surface area contributed by atoms with E-state index in [1.807, 2.05) is 18.2 Å². The van der Waals surface area contributed by atoms with E-state index in [2.05, 4.69) is 10.3 Å². The van der Waals surface area contributed by atoms with E-state index in [9.17, 15) is 9.59 Å². The molecule has 110 valence electrons. The number of aromatic nitrogens is 1. The molecule has 0 aromatic carbocycles. The lowest BCUT2D eigenvalue weighted by atomic mass is 9.87. The number of pyridine rings is 1. The molecule has 1 N–H and O–H groups in total. The van der Waals surface area contributed by atoms with Crippen molar-refractivity contribution in [3.8, 4) is 0 Å². The van der Waals surface area contributed by atoms with E-state index in [0.717, 1.165) is 31.4 Å². The van der Waals surface area contributed by atoms with Crippen molar-refractivity contribution in [1.29, 1.82) is 0 Å². The lowest BCUT2D eigenvalue weighted by molar-refractivity contribution is -0.132. The highest BCUT2D eigenvalue weighted by Crippen LogP contribution is 2.54. The molecule has 2 aliphatic carbocycles. The van der Waals surface area contributed by atoms with E-state index in [4.69, 9.17) is 0 Å². The van der Waals surface area contributed by atoms with E-state index in [0.29, 0.717) is 24.8 Å². The van der Waals surface area contributed by atoms with E-state index >= 15 is 0 Å². The fraction of sp³-hybridized carbons (Fsp3) is 0.562. The van der Waals surface area contributed by atoms with Gasteiger partial charge in [-0.1, -0.05) is 6.07 Å². The number of nitrogens with one attached hydrogen (secondary N) is 1. The SMILES string of the molecule is O=C1NC(C2CC2)(C2CC2)C(=O)N1CCc1ccccn1. The summed E-state index contributed by atoms with van der Waals surface area (Å²) in [7, 11) is 0. The Morgan fingerprint density at radius 2 is 1.90 bits per heavy atom. The van der Waals surface area contributed by atoms with Crippen molar-refractivity contribution in [2.75, 3.05) is 6.54 Å². The van der Waals surface area contributed by atoms with E-state index in [1.165, 1.54) is 4.90 Å². The van der Waals surface area contributed by atoms with Crippen LogP contribution in [0.2, 0.25) is 0 Å². The van der Waals surface area contributed by atoms with Crippen molar-refractivity contribution in [3.05, 3.63) is 30.1 Å². The topological polar surface area (TPSA) is 62.3 Å². The van der Waals surface area contributed by atoms with Gasteiger partial charge in [-0.15, -0.1) is 0 Å². The maximum Gasteiger partial charge on any atom is 0.325 e. The van der Waals surface area contributed by atoms with Crippen LogP contribution in [0.5, 0.6) is 0 Å². The van der Waals surface area contributed by atoms with Gasteiger partial charge in [-0.05, 0) is 49.7 Å². The summed E-state index contributed by atoms with van der Waals surface area (Å²) in [5, 5.41) is 3.04. The highest BCUT2D eigenvalue weighted by atomic mass is 16.2. The van der Waals surface area contributed by atoms with Crippen molar-refractivity contribution >= 4 is 11.9 Å². The predicted octanol–water partition coefficient (Wildman–Crippen LogP) is 1.73. The third-order valence-electron chi connectivity index (χ3n) is 4.92. The molecule has 1 aliphatic heterocycles. The van der Waals surface area contributed by atoms with Crippen molar-refractivity contribution in [2.24, 2.45) is 11.8 Å². The first kappa shape index (κ1) is 12.8. The van der Waals surface area contributed by atoms with Gasteiger partial charge < -0.3 is 5.32 Å². The number of nitrogens with zero attached hydrogens (tertiary/aromatic N) is 2. The van der Waals surface area contributed by atoms with Crippen LogP contribution in [0.1, 0.15) is 31.4 Å². The molecule has 4 rings (SSSR count). The number of rotatable bonds is 5. The maximum absolute atomic E-state index is 12.8. The van der Waals surface area contributed by atoms with Crippen LogP contribution in [-0.2, 0) is 11.2 Å². The largest absolute Gasteiger partial charge is 0.325 e. The monoisotopic (exact) mass is 285 g/mol. The van der Waals surface area contributed by atoms with Crippen molar-refractivity contribution in [3.63, 3.8) is 0 Å². The van der Waals surface area contributed by atoms with Gasteiger partial charge in [0.05, 0.1) is 0 Å². The summed E-state index contributed by atoms with van der Waals surface area (Å²) in [5.74, 6) is 0.732. The summed E-state index contributed by atoms with van der Waals surface area (Å²) in [4.78, 5) is 30.8. The third-order valence-corrected chi connectivity index (χ3v) is 4.92. The summed E-state index contributed by atoms with van der Waals surface area (Å²) < 4.78 is 0. The Hall–Kier alpha value is -1.91. The third kappa shape index (κ3) is 2.03. The van der Waals surface area contributed by atoms with Gasteiger partial charge in [0.2, 0.25) is 0 Å². The summed E-state index contributed by atoms with van der Waals surface area (Å²) in [6, 6.07) is 5.50. The molecular formula is C16H19N3O2. The normalized spacial score (nSPS) is 24.3. The Bertz CT molecular complexity index is 566. The first-order valence-electron chi connectivity index (χ1n) is 7.76. The summed E-state index contributed by atoms with van der Waals surface area (Å²) >= 11 is 0. The smallest absolute Gasteiger partial charge is 0.323 e. The zero-order chi connectivity index (χ0) is 14.4. The second kappa shape index (κ2) is 4.55. The van der Waals surface area contributed by atoms with Crippen molar-refractivity contribution < 1.29 is 9.59 Å². The van der Waals surface area contributed by atoms with Crippen LogP contribution in [0.4, 0.5) is 4.79 Å². The van der Waals surface area contributed by atoms with Gasteiger partial charge in [0.15, 0.2) is 0 Å². The van der Waals surface area contributed by atoms with Gasteiger partial charge in [0, 0.05) is 24.9 Å². The molecule has 3 aliphatic rings. The molecule has 0 unspecified atom stereocenters. The molecule has 0 atom stereocenters. The van der Waals surface area contributed by atoms with Crippen LogP contribution in [-0.4, -0.2) is 33.9 Å². The lowest BCUT2D eigenvalue weighted by Crippen LogP contribution is -2.51. The standard InChI is InChI=1S/C16H19N3O2/c20-14-16(11-4-5-11,12-6-7-12)18-15(21)19(14)10-8-13-3-1-2-9-17-13/h1-3,9,11-12H,4-8,10H2,(H,18,21). The number of carbonyl (C=O) groups is 2. The minimum atomic E-state index is -0.568. The summed E-state index contributed by atoms with van der Waals surface area (Å²) in [6.45, 7) is 0.420.